The molecule has 1 amide bonds. The quantitative estimate of drug-likeness (QED) is 0.644. The number of nitrogens with two attached hydrogens (primary N) is 1. The molecule has 4 rings (SSSR count). The summed E-state index contributed by atoms with van der Waals surface area (Å²) in [4.78, 5) is 12.2. The summed E-state index contributed by atoms with van der Waals surface area (Å²) in [5, 5.41) is 8.04. The maximum absolute atomic E-state index is 12.6. The van der Waals surface area contributed by atoms with Crippen LogP contribution in [0.15, 0.2) is 38.8 Å². The summed E-state index contributed by atoms with van der Waals surface area (Å²) in [5.74, 6) is 0.157. The molecule has 1 saturated carbocycles. The minimum Gasteiger partial charge on any atom is -0.411 e. The fraction of sp³-hybridized carbons (Fsp3) is 0.550. The van der Waals surface area contributed by atoms with Crippen LogP contribution in [0, 0.1) is 5.92 Å². The van der Waals surface area contributed by atoms with Crippen molar-refractivity contribution in [3.05, 3.63) is 24.3 Å². The average molecular weight is 451 g/mol. The van der Waals surface area contributed by atoms with Crippen molar-refractivity contribution < 1.29 is 17.6 Å². The van der Waals surface area contributed by atoms with Gasteiger partial charge in [0.05, 0.1) is 10.1 Å². The van der Waals surface area contributed by atoms with Crippen LogP contribution < -0.4 is 5.73 Å². The topological polar surface area (TPSA) is 119 Å². The first kappa shape index (κ1) is 21.3. The largest absolute Gasteiger partial charge is 0.411 e. The standard InChI is InChI=1S/C20H26N4O4S2/c21-18(25)17(14-6-2-1-3-7-14)29-20-23-22-19(28-20)15-8-10-16(11-9-15)30(26,27)24-12-4-5-13-24/h8-11,14,17H,1-7,12-13H2,(H2,21,25). The van der Waals surface area contributed by atoms with Gasteiger partial charge in [-0.3, -0.25) is 4.79 Å². The van der Waals surface area contributed by atoms with Crippen LogP contribution >= 0.6 is 11.8 Å². The summed E-state index contributed by atoms with van der Waals surface area (Å²) >= 11 is 1.23. The molecule has 8 nitrogen and oxygen atoms in total. The highest BCUT2D eigenvalue weighted by Gasteiger charge is 2.31. The Balaban J connectivity index is 1.47. The molecular weight excluding hydrogens is 424 g/mol. The van der Waals surface area contributed by atoms with Crippen LogP contribution in [-0.2, 0) is 14.8 Å². The lowest BCUT2D eigenvalue weighted by molar-refractivity contribution is -0.118. The highest BCUT2D eigenvalue weighted by atomic mass is 32.2. The molecule has 2 aromatic rings. The number of aromatic nitrogens is 2. The molecule has 0 bridgehead atoms. The van der Waals surface area contributed by atoms with Crippen LogP contribution in [-0.4, -0.2) is 47.2 Å². The van der Waals surface area contributed by atoms with E-state index in [9.17, 15) is 13.2 Å². The van der Waals surface area contributed by atoms with E-state index in [1.807, 2.05) is 0 Å². The van der Waals surface area contributed by atoms with Crippen molar-refractivity contribution in [2.24, 2.45) is 11.7 Å². The number of sulfonamides is 1. The fourth-order valence-corrected chi connectivity index (χ4v) is 6.68. The molecule has 2 fully saturated rings. The van der Waals surface area contributed by atoms with Gasteiger partial charge in [0.25, 0.3) is 5.22 Å². The summed E-state index contributed by atoms with van der Waals surface area (Å²) in [5.41, 5.74) is 6.26. The Kier molecular flexibility index (Phi) is 6.45. The van der Waals surface area contributed by atoms with E-state index < -0.39 is 10.0 Å². The van der Waals surface area contributed by atoms with E-state index in [0.29, 0.717) is 23.9 Å². The van der Waals surface area contributed by atoms with Crippen molar-refractivity contribution in [1.82, 2.24) is 14.5 Å². The number of hydrogen-bond donors (Lipinski definition) is 1. The van der Waals surface area contributed by atoms with Gasteiger partial charge >= 0.3 is 0 Å². The van der Waals surface area contributed by atoms with Gasteiger partial charge < -0.3 is 10.2 Å². The predicted molar refractivity (Wildman–Crippen MR) is 113 cm³/mol. The number of benzene rings is 1. The summed E-state index contributed by atoms with van der Waals surface area (Å²) in [7, 11) is -3.46. The Morgan fingerprint density at radius 1 is 1.07 bits per heavy atom. The number of carbonyl (C=O) groups excluding carboxylic acids is 1. The van der Waals surface area contributed by atoms with Crippen molar-refractivity contribution in [2.75, 3.05) is 13.1 Å². The van der Waals surface area contributed by atoms with E-state index in [1.165, 1.54) is 22.5 Å². The van der Waals surface area contributed by atoms with E-state index in [4.69, 9.17) is 10.2 Å². The second kappa shape index (κ2) is 9.07. The minimum absolute atomic E-state index is 0.228. The van der Waals surface area contributed by atoms with E-state index >= 15 is 0 Å². The van der Waals surface area contributed by atoms with Gasteiger partial charge in [0.1, 0.15) is 0 Å². The summed E-state index contributed by atoms with van der Waals surface area (Å²) in [6.07, 6.45) is 7.16. The Bertz CT molecular complexity index is 978. The molecule has 1 aromatic heterocycles. The van der Waals surface area contributed by atoms with Gasteiger partial charge in [-0.1, -0.05) is 31.0 Å². The van der Waals surface area contributed by atoms with E-state index in [1.54, 1.807) is 24.3 Å². The number of carbonyl (C=O) groups is 1. The first-order chi connectivity index (χ1) is 14.4. The zero-order valence-electron chi connectivity index (χ0n) is 16.7. The van der Waals surface area contributed by atoms with Gasteiger partial charge in [0.2, 0.25) is 21.8 Å². The van der Waals surface area contributed by atoms with Crippen molar-refractivity contribution in [2.45, 2.75) is 60.3 Å². The van der Waals surface area contributed by atoms with Crippen LogP contribution in [0.4, 0.5) is 0 Å². The van der Waals surface area contributed by atoms with Crippen LogP contribution in [0.2, 0.25) is 0 Å². The SMILES string of the molecule is NC(=O)C(Sc1nnc(-c2ccc(S(=O)(=O)N3CCCC3)cc2)o1)C1CCCCC1. The minimum atomic E-state index is -3.46. The first-order valence-electron chi connectivity index (χ1n) is 10.4. The Labute approximate surface area is 180 Å². The molecular formula is C20H26N4O4S2. The lowest BCUT2D eigenvalue weighted by atomic mass is 9.86. The van der Waals surface area contributed by atoms with Crippen molar-refractivity contribution >= 4 is 27.7 Å². The summed E-state index contributed by atoms with van der Waals surface area (Å²) in [6, 6.07) is 6.46. The predicted octanol–water partition coefficient (Wildman–Crippen LogP) is 3.05. The highest BCUT2D eigenvalue weighted by molar-refractivity contribution is 8.00. The molecule has 1 aliphatic heterocycles. The van der Waals surface area contributed by atoms with Gasteiger partial charge in [-0.15, -0.1) is 10.2 Å². The van der Waals surface area contributed by atoms with Gasteiger partial charge in [0, 0.05) is 18.7 Å². The molecule has 10 heteroatoms. The van der Waals surface area contributed by atoms with Crippen LogP contribution in [0.1, 0.15) is 44.9 Å². The summed E-state index contributed by atoms with van der Waals surface area (Å²) in [6.45, 7) is 1.13. The molecule has 1 unspecified atom stereocenters. The second-order valence-corrected chi connectivity index (χ2v) is 10.9. The van der Waals surface area contributed by atoms with Gasteiger partial charge in [-0.25, -0.2) is 8.42 Å². The number of nitrogens with zero attached hydrogens (tertiary/aromatic N) is 3. The van der Waals surface area contributed by atoms with Crippen molar-refractivity contribution in [3.63, 3.8) is 0 Å². The van der Waals surface area contributed by atoms with E-state index in [-0.39, 0.29) is 27.9 Å². The van der Waals surface area contributed by atoms with E-state index in [2.05, 4.69) is 10.2 Å². The molecule has 30 heavy (non-hydrogen) atoms. The zero-order chi connectivity index (χ0) is 21.1. The first-order valence-corrected chi connectivity index (χ1v) is 12.7. The van der Waals surface area contributed by atoms with Crippen LogP contribution in [0.3, 0.4) is 0 Å². The second-order valence-electron chi connectivity index (χ2n) is 7.85. The molecule has 2 aliphatic rings. The number of hydrogen-bond acceptors (Lipinski definition) is 7. The van der Waals surface area contributed by atoms with Gasteiger partial charge in [0.15, 0.2) is 0 Å². The molecule has 1 atom stereocenters. The molecule has 162 valence electrons. The molecule has 2 heterocycles. The molecule has 0 spiro atoms. The Morgan fingerprint density at radius 2 is 1.73 bits per heavy atom. The van der Waals surface area contributed by atoms with E-state index in [0.717, 1.165) is 38.5 Å². The molecule has 2 N–H and O–H groups in total. The number of amides is 1. The molecule has 1 aromatic carbocycles. The zero-order valence-corrected chi connectivity index (χ0v) is 18.3. The van der Waals surface area contributed by atoms with Gasteiger partial charge in [-0.05, 0) is 55.9 Å². The lowest BCUT2D eigenvalue weighted by Crippen LogP contribution is -2.33. The average Bonchev–Trinajstić information content (AvgIpc) is 3.45. The smallest absolute Gasteiger partial charge is 0.277 e. The lowest BCUT2D eigenvalue weighted by Gasteiger charge is -2.26. The number of rotatable bonds is 7. The Hall–Kier alpha value is -1.91. The van der Waals surface area contributed by atoms with Gasteiger partial charge in [-0.2, -0.15) is 4.31 Å². The summed E-state index contributed by atoms with van der Waals surface area (Å²) < 4.78 is 32.6. The highest BCUT2D eigenvalue weighted by Crippen LogP contribution is 2.36. The molecule has 1 aliphatic carbocycles. The monoisotopic (exact) mass is 450 g/mol. The van der Waals surface area contributed by atoms with Crippen LogP contribution in [0.5, 0.6) is 0 Å². The van der Waals surface area contributed by atoms with Crippen LogP contribution in [0.25, 0.3) is 11.5 Å². The fourth-order valence-electron chi connectivity index (χ4n) is 4.15. The normalized spacial score (nSPS) is 19.7. The maximum Gasteiger partial charge on any atom is 0.277 e. The van der Waals surface area contributed by atoms with Crippen molar-refractivity contribution in [3.8, 4) is 11.5 Å². The maximum atomic E-state index is 12.6. The third kappa shape index (κ3) is 4.55. The Morgan fingerprint density at radius 3 is 2.37 bits per heavy atom. The third-order valence-corrected chi connectivity index (χ3v) is 8.95. The molecule has 0 radical (unpaired) electrons. The third-order valence-electron chi connectivity index (χ3n) is 5.80. The number of primary amides is 1. The molecule has 1 saturated heterocycles. The van der Waals surface area contributed by atoms with Crippen molar-refractivity contribution in [1.29, 1.82) is 0 Å². The number of thioether (sulfide) groups is 1.